The Morgan fingerprint density at radius 1 is 1.35 bits per heavy atom. The van der Waals surface area contributed by atoms with Gasteiger partial charge in [-0.3, -0.25) is 25.1 Å². The standard InChI is InChI=1S/C21H26FN5O4/c1-29-26-17-4-2-3-16-19(17)20(25-24-16)21(28)23-14-5-6-18(15(22)13-14)31-12-9-27-7-10-30-11-8-27/h4-6,13,26H,2-3,7-12H2,1H3,(H,23,28)(H,24,25). The highest BCUT2D eigenvalue weighted by Gasteiger charge is 2.25. The highest BCUT2D eigenvalue weighted by molar-refractivity contribution is 6.06. The number of ether oxygens (including phenoxy) is 2. The quantitative estimate of drug-likeness (QED) is 0.549. The molecule has 4 rings (SSSR count). The fourth-order valence-electron chi connectivity index (χ4n) is 3.67. The molecule has 0 saturated carbocycles. The molecule has 2 aliphatic rings. The molecule has 0 unspecified atom stereocenters. The number of hydrogen-bond acceptors (Lipinski definition) is 7. The first kappa shape index (κ1) is 21.3. The highest BCUT2D eigenvalue weighted by Crippen LogP contribution is 2.27. The lowest BCUT2D eigenvalue weighted by molar-refractivity contribution is 0.0320. The van der Waals surface area contributed by atoms with Gasteiger partial charge in [-0.15, -0.1) is 0 Å². The molecule has 1 saturated heterocycles. The zero-order valence-electron chi connectivity index (χ0n) is 17.4. The Bertz CT molecular complexity index is 955. The molecule has 1 aromatic heterocycles. The molecular weight excluding hydrogens is 405 g/mol. The summed E-state index contributed by atoms with van der Waals surface area (Å²) < 4.78 is 25.4. The van der Waals surface area contributed by atoms with Crippen LogP contribution in [0.25, 0.3) is 5.70 Å². The summed E-state index contributed by atoms with van der Waals surface area (Å²) in [5.41, 5.74) is 5.51. The molecule has 2 heterocycles. The van der Waals surface area contributed by atoms with Crippen LogP contribution in [0.15, 0.2) is 24.3 Å². The third kappa shape index (κ3) is 5.04. The van der Waals surface area contributed by atoms with Gasteiger partial charge in [-0.25, -0.2) is 4.39 Å². The smallest absolute Gasteiger partial charge is 0.276 e. The average molecular weight is 431 g/mol. The van der Waals surface area contributed by atoms with E-state index in [1.807, 2.05) is 6.08 Å². The van der Waals surface area contributed by atoms with Gasteiger partial charge in [-0.05, 0) is 25.0 Å². The summed E-state index contributed by atoms with van der Waals surface area (Å²) in [6.45, 7) is 4.21. The van der Waals surface area contributed by atoms with E-state index in [9.17, 15) is 9.18 Å². The van der Waals surface area contributed by atoms with Crippen LogP contribution >= 0.6 is 0 Å². The van der Waals surface area contributed by atoms with E-state index in [-0.39, 0.29) is 11.4 Å². The zero-order valence-corrected chi connectivity index (χ0v) is 17.4. The lowest BCUT2D eigenvalue weighted by atomic mass is 9.99. The van der Waals surface area contributed by atoms with Crippen molar-refractivity contribution in [3.8, 4) is 5.75 Å². The van der Waals surface area contributed by atoms with Crippen molar-refractivity contribution in [2.75, 3.05) is 51.9 Å². The Labute approximate surface area is 179 Å². The summed E-state index contributed by atoms with van der Waals surface area (Å²) >= 11 is 0. The van der Waals surface area contributed by atoms with Crippen LogP contribution in [0, 0.1) is 5.82 Å². The van der Waals surface area contributed by atoms with Crippen LogP contribution in [0.1, 0.15) is 28.2 Å². The number of halogens is 1. The van der Waals surface area contributed by atoms with Crippen LogP contribution in [0.3, 0.4) is 0 Å². The third-order valence-electron chi connectivity index (χ3n) is 5.24. The van der Waals surface area contributed by atoms with E-state index >= 15 is 0 Å². The van der Waals surface area contributed by atoms with Gasteiger partial charge in [0.2, 0.25) is 0 Å². The van der Waals surface area contributed by atoms with E-state index in [0.717, 1.165) is 31.6 Å². The molecule has 0 spiro atoms. The molecule has 9 nitrogen and oxygen atoms in total. The average Bonchev–Trinajstić information content (AvgIpc) is 3.22. The number of carbonyl (C=O) groups is 1. The minimum atomic E-state index is -0.537. The second-order valence-electron chi connectivity index (χ2n) is 7.29. The molecular formula is C21H26FN5O4. The van der Waals surface area contributed by atoms with Crippen molar-refractivity contribution in [1.82, 2.24) is 20.6 Å². The van der Waals surface area contributed by atoms with Gasteiger partial charge in [-0.2, -0.15) is 5.10 Å². The van der Waals surface area contributed by atoms with Crippen LogP contribution in [0.4, 0.5) is 10.1 Å². The van der Waals surface area contributed by atoms with Crippen molar-refractivity contribution >= 4 is 17.3 Å². The van der Waals surface area contributed by atoms with E-state index in [2.05, 4.69) is 25.9 Å². The monoisotopic (exact) mass is 431 g/mol. The molecule has 166 valence electrons. The van der Waals surface area contributed by atoms with E-state index < -0.39 is 11.7 Å². The molecule has 10 heteroatoms. The van der Waals surface area contributed by atoms with Gasteiger partial charge in [0, 0.05) is 37.1 Å². The van der Waals surface area contributed by atoms with Crippen molar-refractivity contribution in [3.05, 3.63) is 47.0 Å². The number of aromatic nitrogens is 2. The Kier molecular flexibility index (Phi) is 6.80. The second-order valence-corrected chi connectivity index (χ2v) is 7.29. The summed E-state index contributed by atoms with van der Waals surface area (Å²) in [7, 11) is 1.50. The number of rotatable bonds is 8. The van der Waals surface area contributed by atoms with Gasteiger partial charge in [0.25, 0.3) is 5.91 Å². The normalized spacial score (nSPS) is 16.4. The number of amides is 1. The highest BCUT2D eigenvalue weighted by atomic mass is 19.1. The number of H-pyrrole nitrogens is 1. The second kappa shape index (κ2) is 9.90. The lowest BCUT2D eigenvalue weighted by Crippen LogP contribution is -2.38. The van der Waals surface area contributed by atoms with Gasteiger partial charge in [0.1, 0.15) is 6.61 Å². The molecule has 0 radical (unpaired) electrons. The molecule has 0 atom stereocenters. The number of nitrogens with zero attached hydrogens (tertiary/aromatic N) is 2. The summed E-state index contributed by atoms with van der Waals surface area (Å²) in [4.78, 5) is 20.0. The first-order valence-corrected chi connectivity index (χ1v) is 10.3. The van der Waals surface area contributed by atoms with E-state index in [0.29, 0.717) is 43.3 Å². The minimum Gasteiger partial charge on any atom is -0.489 e. The first-order chi connectivity index (χ1) is 15.2. The maximum Gasteiger partial charge on any atom is 0.276 e. The molecule has 1 amide bonds. The van der Waals surface area contributed by atoms with Crippen LogP contribution in [-0.2, 0) is 16.0 Å². The molecule has 1 aliphatic heterocycles. The minimum absolute atomic E-state index is 0.151. The number of aryl methyl sites for hydroxylation is 1. The number of aromatic amines is 1. The van der Waals surface area contributed by atoms with Gasteiger partial charge >= 0.3 is 0 Å². The number of nitrogens with one attached hydrogen (secondary N) is 3. The number of allylic oxidation sites excluding steroid dienone is 1. The molecule has 31 heavy (non-hydrogen) atoms. The molecule has 2 aromatic rings. The van der Waals surface area contributed by atoms with Crippen molar-refractivity contribution < 1.29 is 23.5 Å². The lowest BCUT2D eigenvalue weighted by Gasteiger charge is -2.26. The van der Waals surface area contributed by atoms with Crippen molar-refractivity contribution in [1.29, 1.82) is 0 Å². The SMILES string of the molecule is CONC1=CCCc2[nH]nc(C(=O)Nc3ccc(OCCN4CCOCC4)c(F)c3)c21. The van der Waals surface area contributed by atoms with Crippen LogP contribution in [0.2, 0.25) is 0 Å². The number of carbonyl (C=O) groups excluding carboxylic acids is 1. The maximum atomic E-state index is 14.5. The van der Waals surface area contributed by atoms with Gasteiger partial charge in [0.15, 0.2) is 17.3 Å². The van der Waals surface area contributed by atoms with Crippen molar-refractivity contribution in [2.24, 2.45) is 0 Å². The summed E-state index contributed by atoms with van der Waals surface area (Å²) in [5, 5.41) is 9.74. The number of hydroxylamine groups is 1. The van der Waals surface area contributed by atoms with Crippen LogP contribution < -0.4 is 15.5 Å². The van der Waals surface area contributed by atoms with Gasteiger partial charge < -0.3 is 14.8 Å². The fourth-order valence-corrected chi connectivity index (χ4v) is 3.67. The predicted octanol–water partition coefficient (Wildman–Crippen LogP) is 1.95. The van der Waals surface area contributed by atoms with Crippen molar-refractivity contribution in [3.63, 3.8) is 0 Å². The van der Waals surface area contributed by atoms with E-state index in [4.69, 9.17) is 14.3 Å². The topological polar surface area (TPSA) is 101 Å². The number of anilines is 1. The number of fused-ring (bicyclic) bond motifs is 1. The Morgan fingerprint density at radius 3 is 2.97 bits per heavy atom. The van der Waals surface area contributed by atoms with Crippen molar-refractivity contribution in [2.45, 2.75) is 12.8 Å². The summed E-state index contributed by atoms with van der Waals surface area (Å²) in [5.74, 6) is -0.827. The molecule has 1 aromatic carbocycles. The van der Waals surface area contributed by atoms with E-state index in [1.165, 1.54) is 19.2 Å². The number of morpholine rings is 1. The Balaban J connectivity index is 1.38. The largest absolute Gasteiger partial charge is 0.489 e. The van der Waals surface area contributed by atoms with E-state index in [1.54, 1.807) is 6.07 Å². The van der Waals surface area contributed by atoms with Gasteiger partial charge in [0.05, 0.1) is 31.6 Å². The fraction of sp³-hybridized carbons (Fsp3) is 0.429. The van der Waals surface area contributed by atoms with Crippen LogP contribution in [-0.4, -0.2) is 67.6 Å². The summed E-state index contributed by atoms with van der Waals surface area (Å²) in [6.07, 6.45) is 3.50. The Hall–Kier alpha value is -2.95. The molecule has 3 N–H and O–H groups in total. The third-order valence-corrected chi connectivity index (χ3v) is 5.24. The maximum absolute atomic E-state index is 14.5. The predicted molar refractivity (Wildman–Crippen MR) is 112 cm³/mol. The number of benzene rings is 1. The van der Waals surface area contributed by atoms with Gasteiger partial charge in [-0.1, -0.05) is 6.08 Å². The molecule has 1 fully saturated rings. The first-order valence-electron chi connectivity index (χ1n) is 10.3. The number of hydrogen-bond donors (Lipinski definition) is 3. The molecule has 0 bridgehead atoms. The van der Waals surface area contributed by atoms with Crippen LogP contribution in [0.5, 0.6) is 5.75 Å². The zero-order chi connectivity index (χ0) is 21.6. The Morgan fingerprint density at radius 2 is 2.19 bits per heavy atom. The molecule has 1 aliphatic carbocycles. The summed E-state index contributed by atoms with van der Waals surface area (Å²) in [6, 6.07) is 4.36.